The molecule has 0 saturated carbocycles. The van der Waals surface area contributed by atoms with Crippen molar-refractivity contribution in [1.29, 1.82) is 0 Å². The number of anilines is 1. The molecular formula is C17H24ClN3O2. The van der Waals surface area contributed by atoms with Gasteiger partial charge in [0.25, 0.3) is 5.91 Å². The molecule has 1 aromatic rings. The van der Waals surface area contributed by atoms with Crippen LogP contribution in [0.5, 0.6) is 0 Å². The summed E-state index contributed by atoms with van der Waals surface area (Å²) in [5.41, 5.74) is 0.957. The summed E-state index contributed by atoms with van der Waals surface area (Å²) in [6, 6.07) is 5.27. The van der Waals surface area contributed by atoms with Gasteiger partial charge in [0, 0.05) is 23.7 Å². The first-order valence-corrected chi connectivity index (χ1v) is 8.41. The monoisotopic (exact) mass is 337 g/mol. The van der Waals surface area contributed by atoms with Crippen molar-refractivity contribution in [2.24, 2.45) is 5.92 Å². The van der Waals surface area contributed by atoms with Gasteiger partial charge in [0.2, 0.25) is 5.91 Å². The Morgan fingerprint density at radius 2 is 2.09 bits per heavy atom. The first-order chi connectivity index (χ1) is 10.9. The lowest BCUT2D eigenvalue weighted by Crippen LogP contribution is -2.51. The summed E-state index contributed by atoms with van der Waals surface area (Å²) < 4.78 is 0. The fraction of sp³-hybridized carbons (Fsp3) is 0.529. The number of hydrogen-bond acceptors (Lipinski definition) is 3. The third-order valence-electron chi connectivity index (χ3n) is 4.08. The van der Waals surface area contributed by atoms with E-state index in [9.17, 15) is 9.59 Å². The third kappa shape index (κ3) is 4.69. The second-order valence-corrected chi connectivity index (χ2v) is 6.71. The quantitative estimate of drug-likeness (QED) is 0.791. The van der Waals surface area contributed by atoms with Crippen molar-refractivity contribution >= 4 is 29.1 Å². The molecule has 0 radical (unpaired) electrons. The van der Waals surface area contributed by atoms with Crippen molar-refractivity contribution in [1.82, 2.24) is 10.6 Å². The number of halogens is 1. The van der Waals surface area contributed by atoms with Gasteiger partial charge >= 0.3 is 0 Å². The van der Waals surface area contributed by atoms with Crippen LogP contribution in [0.25, 0.3) is 0 Å². The van der Waals surface area contributed by atoms with Gasteiger partial charge in [-0.1, -0.05) is 25.4 Å². The van der Waals surface area contributed by atoms with Gasteiger partial charge in [0.15, 0.2) is 0 Å². The topological polar surface area (TPSA) is 70.2 Å². The molecule has 2 rings (SSSR count). The molecule has 1 aromatic carbocycles. The summed E-state index contributed by atoms with van der Waals surface area (Å²) in [6.45, 7) is 6.67. The molecule has 0 aliphatic carbocycles. The van der Waals surface area contributed by atoms with Crippen LogP contribution in [0.4, 0.5) is 5.69 Å². The maximum Gasteiger partial charge on any atom is 0.253 e. The molecule has 2 unspecified atom stereocenters. The van der Waals surface area contributed by atoms with Crippen LogP contribution in [0.2, 0.25) is 5.02 Å². The molecular weight excluding hydrogens is 314 g/mol. The standard InChI is InChI=1S/C17H24ClN3O2/c1-10(2)16(22)20-12-6-7-14(18)13(9-12)17(23)21-15-5-4-8-19-11(15)3/h6-7,9-11,15,19H,4-5,8H2,1-3H3,(H,20,22)(H,21,23). The lowest BCUT2D eigenvalue weighted by atomic mass is 9.99. The molecule has 3 N–H and O–H groups in total. The summed E-state index contributed by atoms with van der Waals surface area (Å²) in [5.74, 6) is -0.433. The minimum Gasteiger partial charge on any atom is -0.348 e. The van der Waals surface area contributed by atoms with E-state index in [2.05, 4.69) is 22.9 Å². The molecule has 126 valence electrons. The van der Waals surface area contributed by atoms with Gasteiger partial charge in [-0.2, -0.15) is 0 Å². The van der Waals surface area contributed by atoms with Gasteiger partial charge in [0.1, 0.15) is 0 Å². The van der Waals surface area contributed by atoms with Crippen LogP contribution in [0.15, 0.2) is 18.2 Å². The van der Waals surface area contributed by atoms with Gasteiger partial charge in [0.05, 0.1) is 10.6 Å². The van der Waals surface area contributed by atoms with Gasteiger partial charge < -0.3 is 16.0 Å². The normalized spacial score (nSPS) is 21.1. The van der Waals surface area contributed by atoms with Crippen molar-refractivity contribution in [2.75, 3.05) is 11.9 Å². The zero-order valence-corrected chi connectivity index (χ0v) is 14.5. The third-order valence-corrected chi connectivity index (χ3v) is 4.41. The lowest BCUT2D eigenvalue weighted by molar-refractivity contribution is -0.118. The predicted molar refractivity (Wildman–Crippen MR) is 92.9 cm³/mol. The molecule has 1 aliphatic heterocycles. The molecule has 0 bridgehead atoms. The lowest BCUT2D eigenvalue weighted by Gasteiger charge is -2.30. The second-order valence-electron chi connectivity index (χ2n) is 6.30. The maximum atomic E-state index is 12.5. The van der Waals surface area contributed by atoms with Crippen molar-refractivity contribution in [3.63, 3.8) is 0 Å². The van der Waals surface area contributed by atoms with E-state index in [1.807, 2.05) is 13.8 Å². The van der Waals surface area contributed by atoms with E-state index in [1.54, 1.807) is 18.2 Å². The Kier molecular flexibility index (Phi) is 6.02. The van der Waals surface area contributed by atoms with Crippen molar-refractivity contribution < 1.29 is 9.59 Å². The Bertz CT molecular complexity index is 589. The molecule has 1 fully saturated rings. The number of rotatable bonds is 4. The van der Waals surface area contributed by atoms with Crippen molar-refractivity contribution in [2.45, 2.75) is 45.7 Å². The zero-order chi connectivity index (χ0) is 17.0. The summed E-state index contributed by atoms with van der Waals surface area (Å²) in [7, 11) is 0. The highest BCUT2D eigenvalue weighted by Crippen LogP contribution is 2.22. The SMILES string of the molecule is CC(C)C(=O)Nc1ccc(Cl)c(C(=O)NC2CCCNC2C)c1. The summed E-state index contributed by atoms with van der Waals surface area (Å²) in [5, 5.41) is 9.54. The highest BCUT2D eigenvalue weighted by Gasteiger charge is 2.24. The summed E-state index contributed by atoms with van der Waals surface area (Å²) >= 11 is 6.16. The molecule has 2 amide bonds. The van der Waals surface area contributed by atoms with E-state index in [-0.39, 0.29) is 29.8 Å². The zero-order valence-electron chi connectivity index (χ0n) is 13.8. The van der Waals surface area contributed by atoms with Crippen LogP contribution in [0, 0.1) is 5.92 Å². The maximum absolute atomic E-state index is 12.5. The number of hydrogen-bond donors (Lipinski definition) is 3. The Morgan fingerprint density at radius 3 is 2.74 bits per heavy atom. The molecule has 2 atom stereocenters. The van der Waals surface area contributed by atoms with E-state index in [4.69, 9.17) is 11.6 Å². The van der Waals surface area contributed by atoms with Gasteiger partial charge in [-0.05, 0) is 44.5 Å². The second kappa shape index (κ2) is 7.79. The molecule has 5 nitrogen and oxygen atoms in total. The molecule has 0 spiro atoms. The molecule has 23 heavy (non-hydrogen) atoms. The van der Waals surface area contributed by atoms with Crippen LogP contribution in [0.1, 0.15) is 44.0 Å². The number of amides is 2. The van der Waals surface area contributed by atoms with E-state index < -0.39 is 0 Å². The first kappa shape index (κ1) is 17.8. The van der Waals surface area contributed by atoms with E-state index >= 15 is 0 Å². The van der Waals surface area contributed by atoms with Crippen LogP contribution in [-0.2, 0) is 4.79 Å². The van der Waals surface area contributed by atoms with Crippen LogP contribution in [0.3, 0.4) is 0 Å². The van der Waals surface area contributed by atoms with Crippen LogP contribution in [-0.4, -0.2) is 30.4 Å². The van der Waals surface area contributed by atoms with Gasteiger partial charge in [-0.15, -0.1) is 0 Å². The van der Waals surface area contributed by atoms with Crippen LogP contribution < -0.4 is 16.0 Å². The number of piperidine rings is 1. The first-order valence-electron chi connectivity index (χ1n) is 8.03. The largest absolute Gasteiger partial charge is 0.348 e. The highest BCUT2D eigenvalue weighted by atomic mass is 35.5. The Labute approximate surface area is 142 Å². The van der Waals surface area contributed by atoms with E-state index in [0.717, 1.165) is 19.4 Å². The molecule has 1 heterocycles. The number of benzene rings is 1. The average molecular weight is 338 g/mol. The van der Waals surface area contributed by atoms with Gasteiger partial charge in [-0.25, -0.2) is 0 Å². The smallest absolute Gasteiger partial charge is 0.253 e. The number of carbonyl (C=O) groups is 2. The van der Waals surface area contributed by atoms with E-state index in [1.165, 1.54) is 0 Å². The predicted octanol–water partition coefficient (Wildman–Crippen LogP) is 2.80. The molecule has 1 saturated heterocycles. The molecule has 0 aromatic heterocycles. The van der Waals surface area contributed by atoms with Crippen LogP contribution >= 0.6 is 11.6 Å². The fourth-order valence-electron chi connectivity index (χ4n) is 2.55. The number of carbonyl (C=O) groups excluding carboxylic acids is 2. The highest BCUT2D eigenvalue weighted by molar-refractivity contribution is 6.34. The minimum atomic E-state index is -0.212. The van der Waals surface area contributed by atoms with Crippen molar-refractivity contribution in [3.8, 4) is 0 Å². The van der Waals surface area contributed by atoms with Gasteiger partial charge in [-0.3, -0.25) is 9.59 Å². The fourth-order valence-corrected chi connectivity index (χ4v) is 2.75. The average Bonchev–Trinajstić information content (AvgIpc) is 2.51. The Hall–Kier alpha value is -1.59. The Morgan fingerprint density at radius 1 is 1.35 bits per heavy atom. The minimum absolute atomic E-state index is 0.0845. The molecule has 6 heteroatoms. The van der Waals surface area contributed by atoms with E-state index in [0.29, 0.717) is 16.3 Å². The summed E-state index contributed by atoms with van der Waals surface area (Å²) in [4.78, 5) is 24.3. The van der Waals surface area contributed by atoms with Crippen molar-refractivity contribution in [3.05, 3.63) is 28.8 Å². The summed E-state index contributed by atoms with van der Waals surface area (Å²) in [6.07, 6.45) is 1.98. The molecule has 1 aliphatic rings. The Balaban J connectivity index is 2.11. The number of nitrogens with one attached hydrogen (secondary N) is 3.